The number of hydrogen-bond acceptors (Lipinski definition) is 3. The summed E-state index contributed by atoms with van der Waals surface area (Å²) in [5.41, 5.74) is 1.65. The molecule has 2 rings (SSSR count). The molecule has 0 saturated carbocycles. The second kappa shape index (κ2) is 5.99. The molecular formula is C14H11ClF2O3S. The van der Waals surface area contributed by atoms with Gasteiger partial charge in [-0.1, -0.05) is 24.3 Å². The SMILES string of the molecule is Cc1ccccc1COc1c(F)cc(F)cc1S(=O)(=O)Cl. The average molecular weight is 333 g/mol. The molecule has 112 valence electrons. The lowest BCUT2D eigenvalue weighted by atomic mass is 10.1. The van der Waals surface area contributed by atoms with Gasteiger partial charge in [0.15, 0.2) is 11.6 Å². The second-order valence-corrected chi connectivity index (χ2v) is 6.90. The van der Waals surface area contributed by atoms with Crippen molar-refractivity contribution in [3.63, 3.8) is 0 Å². The Kier molecular flexibility index (Phi) is 4.49. The van der Waals surface area contributed by atoms with Gasteiger partial charge in [0, 0.05) is 16.7 Å². The summed E-state index contributed by atoms with van der Waals surface area (Å²) in [4.78, 5) is -0.727. The third-order valence-corrected chi connectivity index (χ3v) is 4.20. The number of benzene rings is 2. The molecule has 0 spiro atoms. The Labute approximate surface area is 125 Å². The van der Waals surface area contributed by atoms with Crippen molar-refractivity contribution in [3.05, 3.63) is 59.2 Å². The van der Waals surface area contributed by atoms with E-state index in [-0.39, 0.29) is 6.61 Å². The van der Waals surface area contributed by atoms with Crippen LogP contribution in [0.4, 0.5) is 8.78 Å². The molecule has 2 aromatic rings. The molecule has 7 heteroatoms. The summed E-state index contributed by atoms with van der Waals surface area (Å²) in [7, 11) is 0.854. The van der Waals surface area contributed by atoms with Gasteiger partial charge >= 0.3 is 0 Å². The lowest BCUT2D eigenvalue weighted by molar-refractivity contribution is 0.280. The van der Waals surface area contributed by atoms with Gasteiger partial charge in [0.2, 0.25) is 0 Å². The van der Waals surface area contributed by atoms with Gasteiger partial charge < -0.3 is 4.74 Å². The molecule has 0 unspecified atom stereocenters. The standard InChI is InChI=1S/C14H11ClF2O3S/c1-9-4-2-3-5-10(9)8-20-14-12(17)6-11(16)7-13(14)21(15,18)19/h2-7H,8H2,1H3. The van der Waals surface area contributed by atoms with Gasteiger partial charge in [-0.2, -0.15) is 0 Å². The summed E-state index contributed by atoms with van der Waals surface area (Å²) in [6.45, 7) is 1.77. The smallest absolute Gasteiger partial charge is 0.265 e. The quantitative estimate of drug-likeness (QED) is 0.800. The third-order valence-electron chi connectivity index (χ3n) is 2.87. The van der Waals surface area contributed by atoms with Crippen molar-refractivity contribution in [3.8, 4) is 5.75 Å². The van der Waals surface area contributed by atoms with Crippen molar-refractivity contribution in [2.75, 3.05) is 0 Å². The first kappa shape index (κ1) is 15.7. The van der Waals surface area contributed by atoms with Crippen LogP contribution < -0.4 is 4.74 Å². The van der Waals surface area contributed by atoms with Crippen molar-refractivity contribution < 1.29 is 21.9 Å². The molecule has 0 N–H and O–H groups in total. The van der Waals surface area contributed by atoms with E-state index in [4.69, 9.17) is 15.4 Å². The van der Waals surface area contributed by atoms with E-state index in [1.807, 2.05) is 19.1 Å². The summed E-state index contributed by atoms with van der Waals surface area (Å²) in [5, 5.41) is 0. The summed E-state index contributed by atoms with van der Waals surface area (Å²) in [6, 6.07) is 8.35. The molecule has 2 aromatic carbocycles. The Morgan fingerprint density at radius 1 is 1.19 bits per heavy atom. The van der Waals surface area contributed by atoms with Crippen LogP contribution in [0.2, 0.25) is 0 Å². The predicted octanol–water partition coefficient (Wildman–Crippen LogP) is 3.78. The van der Waals surface area contributed by atoms with Gasteiger partial charge in [-0.05, 0) is 24.1 Å². The largest absolute Gasteiger partial charge is 0.484 e. The Hall–Kier alpha value is -1.66. The molecule has 0 aliphatic heterocycles. The van der Waals surface area contributed by atoms with E-state index in [0.29, 0.717) is 12.1 Å². The Morgan fingerprint density at radius 2 is 1.86 bits per heavy atom. The average Bonchev–Trinajstić information content (AvgIpc) is 2.37. The lowest BCUT2D eigenvalue weighted by Crippen LogP contribution is -2.05. The van der Waals surface area contributed by atoms with Gasteiger partial charge in [-0.25, -0.2) is 17.2 Å². The maximum Gasteiger partial charge on any atom is 0.265 e. The maximum atomic E-state index is 13.8. The fourth-order valence-electron chi connectivity index (χ4n) is 1.78. The van der Waals surface area contributed by atoms with E-state index >= 15 is 0 Å². The van der Waals surface area contributed by atoms with Crippen LogP contribution in [-0.2, 0) is 15.7 Å². The topological polar surface area (TPSA) is 43.4 Å². The minimum absolute atomic E-state index is 0.0609. The zero-order valence-electron chi connectivity index (χ0n) is 10.9. The Morgan fingerprint density at radius 3 is 2.48 bits per heavy atom. The molecule has 0 heterocycles. The molecule has 0 aromatic heterocycles. The number of rotatable bonds is 4. The van der Waals surface area contributed by atoms with E-state index in [9.17, 15) is 17.2 Å². The van der Waals surface area contributed by atoms with Gasteiger partial charge in [-0.3, -0.25) is 0 Å². The summed E-state index contributed by atoms with van der Waals surface area (Å²) < 4.78 is 54.9. The van der Waals surface area contributed by atoms with Crippen LogP contribution in [0.1, 0.15) is 11.1 Å². The molecule has 0 amide bonds. The first-order chi connectivity index (χ1) is 9.79. The minimum Gasteiger partial charge on any atom is -0.484 e. The summed E-state index contributed by atoms with van der Waals surface area (Å²) in [5.74, 6) is -2.76. The lowest BCUT2D eigenvalue weighted by Gasteiger charge is -2.12. The molecule has 0 aliphatic carbocycles. The van der Waals surface area contributed by atoms with Crippen molar-refractivity contribution in [1.29, 1.82) is 0 Å². The van der Waals surface area contributed by atoms with Crippen LogP contribution in [0.5, 0.6) is 5.75 Å². The fourth-order valence-corrected chi connectivity index (χ4v) is 2.75. The molecule has 0 radical (unpaired) electrons. The molecule has 0 aliphatic rings. The maximum absolute atomic E-state index is 13.8. The van der Waals surface area contributed by atoms with Crippen molar-refractivity contribution in [1.82, 2.24) is 0 Å². The van der Waals surface area contributed by atoms with E-state index in [0.717, 1.165) is 11.1 Å². The highest BCUT2D eigenvalue weighted by molar-refractivity contribution is 8.13. The number of halogens is 3. The van der Waals surface area contributed by atoms with Gasteiger partial charge in [0.1, 0.15) is 17.3 Å². The highest BCUT2D eigenvalue weighted by Crippen LogP contribution is 2.31. The fraction of sp³-hybridized carbons (Fsp3) is 0.143. The summed E-state index contributed by atoms with van der Waals surface area (Å²) >= 11 is 0. The molecule has 0 fully saturated rings. The van der Waals surface area contributed by atoms with Crippen LogP contribution >= 0.6 is 10.7 Å². The van der Waals surface area contributed by atoms with Crippen LogP contribution in [0.15, 0.2) is 41.3 Å². The Balaban J connectivity index is 2.39. The van der Waals surface area contributed by atoms with E-state index < -0.39 is 31.3 Å². The molecule has 0 saturated heterocycles. The highest BCUT2D eigenvalue weighted by atomic mass is 35.7. The van der Waals surface area contributed by atoms with Gasteiger partial charge in [-0.15, -0.1) is 0 Å². The molecule has 0 atom stereocenters. The number of hydrogen-bond donors (Lipinski definition) is 0. The molecule has 0 bridgehead atoms. The van der Waals surface area contributed by atoms with Crippen LogP contribution in [0.3, 0.4) is 0 Å². The monoisotopic (exact) mass is 332 g/mol. The first-order valence-electron chi connectivity index (χ1n) is 5.90. The van der Waals surface area contributed by atoms with Crippen LogP contribution in [0.25, 0.3) is 0 Å². The first-order valence-corrected chi connectivity index (χ1v) is 8.21. The molecule has 21 heavy (non-hydrogen) atoms. The molecule has 3 nitrogen and oxygen atoms in total. The third kappa shape index (κ3) is 3.71. The zero-order valence-corrected chi connectivity index (χ0v) is 12.5. The molecular weight excluding hydrogens is 322 g/mol. The normalized spacial score (nSPS) is 11.4. The van der Waals surface area contributed by atoms with Crippen LogP contribution in [-0.4, -0.2) is 8.42 Å². The van der Waals surface area contributed by atoms with E-state index in [2.05, 4.69) is 0 Å². The van der Waals surface area contributed by atoms with Crippen molar-refractivity contribution in [2.24, 2.45) is 0 Å². The highest BCUT2D eigenvalue weighted by Gasteiger charge is 2.22. The Bertz CT molecular complexity index is 776. The zero-order chi connectivity index (χ0) is 15.6. The minimum atomic E-state index is -4.33. The van der Waals surface area contributed by atoms with Crippen molar-refractivity contribution >= 4 is 19.7 Å². The number of aryl methyl sites for hydroxylation is 1. The van der Waals surface area contributed by atoms with E-state index in [1.165, 1.54) is 0 Å². The van der Waals surface area contributed by atoms with Crippen LogP contribution in [0, 0.1) is 18.6 Å². The number of ether oxygens (including phenoxy) is 1. The predicted molar refractivity (Wildman–Crippen MR) is 74.9 cm³/mol. The van der Waals surface area contributed by atoms with Gasteiger partial charge in [0.05, 0.1) is 0 Å². The second-order valence-electron chi connectivity index (χ2n) is 4.37. The summed E-state index contributed by atoms with van der Waals surface area (Å²) in [6.07, 6.45) is 0. The van der Waals surface area contributed by atoms with Crippen molar-refractivity contribution in [2.45, 2.75) is 18.4 Å². The van der Waals surface area contributed by atoms with E-state index in [1.54, 1.807) is 12.1 Å². The van der Waals surface area contributed by atoms with Gasteiger partial charge in [0.25, 0.3) is 9.05 Å².